The van der Waals surface area contributed by atoms with Crippen LogP contribution in [-0.4, -0.2) is 28.3 Å². The van der Waals surface area contributed by atoms with E-state index in [9.17, 15) is 5.11 Å². The summed E-state index contributed by atoms with van der Waals surface area (Å²) < 4.78 is 5.29. The molecule has 5 nitrogen and oxygen atoms in total. The maximum absolute atomic E-state index is 10.2. The molecule has 1 aliphatic rings. The minimum atomic E-state index is -0.608. The van der Waals surface area contributed by atoms with Crippen molar-refractivity contribution in [1.29, 1.82) is 0 Å². The maximum atomic E-state index is 10.2. The molecule has 1 atom stereocenters. The molecule has 3 rings (SSSR count). The summed E-state index contributed by atoms with van der Waals surface area (Å²) in [5.74, 6) is 1.15. The first kappa shape index (κ1) is 14.1. The van der Waals surface area contributed by atoms with Crippen molar-refractivity contribution >= 4 is 5.95 Å². The lowest BCUT2D eigenvalue weighted by atomic mass is 10.1. The number of nitrogens with zero attached hydrogens (tertiary/aromatic N) is 3. The van der Waals surface area contributed by atoms with Crippen molar-refractivity contribution in [1.82, 2.24) is 10.1 Å². The normalized spacial score (nSPS) is 17.5. The van der Waals surface area contributed by atoms with Crippen molar-refractivity contribution in [3.05, 3.63) is 41.8 Å². The molecule has 0 spiro atoms. The van der Waals surface area contributed by atoms with Gasteiger partial charge in [-0.2, -0.15) is 4.98 Å². The Balaban J connectivity index is 1.64. The minimum Gasteiger partial charge on any atom is -0.388 e. The standard InChI is InChI=1S/C16H21N3O2/c20-14(13-8-4-3-5-9-13)12-15-17-16(18-21-15)19-10-6-1-2-7-11-19/h3-5,8-9,14,20H,1-2,6-7,10-12H2. The van der Waals surface area contributed by atoms with Crippen molar-refractivity contribution in [2.75, 3.05) is 18.0 Å². The molecule has 0 bridgehead atoms. The second kappa shape index (κ2) is 6.72. The SMILES string of the molecule is OC(Cc1nc(N2CCCCCC2)no1)c1ccccc1. The third-order valence-electron chi connectivity index (χ3n) is 3.90. The van der Waals surface area contributed by atoms with E-state index in [1.54, 1.807) is 0 Å². The zero-order valence-electron chi connectivity index (χ0n) is 12.1. The third-order valence-corrected chi connectivity index (χ3v) is 3.90. The van der Waals surface area contributed by atoms with Crippen LogP contribution in [-0.2, 0) is 6.42 Å². The summed E-state index contributed by atoms with van der Waals surface area (Å²) >= 11 is 0. The molecule has 112 valence electrons. The Morgan fingerprint density at radius 3 is 2.52 bits per heavy atom. The lowest BCUT2D eigenvalue weighted by molar-refractivity contribution is 0.165. The molecule has 1 aliphatic heterocycles. The Morgan fingerprint density at radius 2 is 1.81 bits per heavy atom. The smallest absolute Gasteiger partial charge is 0.266 e. The predicted octanol–water partition coefficient (Wildman–Crippen LogP) is 2.73. The van der Waals surface area contributed by atoms with Crippen LogP contribution in [0.25, 0.3) is 0 Å². The topological polar surface area (TPSA) is 62.4 Å². The van der Waals surface area contributed by atoms with Crippen molar-refractivity contribution in [3.8, 4) is 0 Å². The van der Waals surface area contributed by atoms with Crippen LogP contribution in [0.3, 0.4) is 0 Å². The highest BCUT2D eigenvalue weighted by molar-refractivity contribution is 5.28. The molecular formula is C16H21N3O2. The maximum Gasteiger partial charge on any atom is 0.266 e. The van der Waals surface area contributed by atoms with Crippen molar-refractivity contribution < 1.29 is 9.63 Å². The van der Waals surface area contributed by atoms with Gasteiger partial charge in [-0.15, -0.1) is 0 Å². The second-order valence-electron chi connectivity index (χ2n) is 5.52. The molecule has 1 N–H and O–H groups in total. The van der Waals surface area contributed by atoms with Crippen LogP contribution in [0.15, 0.2) is 34.9 Å². The van der Waals surface area contributed by atoms with Gasteiger partial charge in [0.25, 0.3) is 5.95 Å². The average Bonchev–Trinajstić information content (AvgIpc) is 2.81. The van der Waals surface area contributed by atoms with E-state index in [4.69, 9.17) is 4.52 Å². The Morgan fingerprint density at radius 1 is 1.10 bits per heavy atom. The zero-order chi connectivity index (χ0) is 14.5. The van der Waals surface area contributed by atoms with E-state index < -0.39 is 6.10 Å². The Hall–Kier alpha value is -1.88. The number of hydrogen-bond acceptors (Lipinski definition) is 5. The molecule has 0 aliphatic carbocycles. The van der Waals surface area contributed by atoms with E-state index in [1.807, 2.05) is 30.3 Å². The molecule has 21 heavy (non-hydrogen) atoms. The third kappa shape index (κ3) is 3.61. The monoisotopic (exact) mass is 287 g/mol. The molecule has 1 fully saturated rings. The lowest BCUT2D eigenvalue weighted by Gasteiger charge is -2.16. The molecule has 2 aromatic rings. The Kier molecular flexibility index (Phi) is 4.50. The number of anilines is 1. The van der Waals surface area contributed by atoms with Gasteiger partial charge >= 0.3 is 0 Å². The van der Waals surface area contributed by atoms with Gasteiger partial charge in [-0.3, -0.25) is 0 Å². The van der Waals surface area contributed by atoms with E-state index in [-0.39, 0.29) is 0 Å². The number of aromatic nitrogens is 2. The minimum absolute atomic E-state index is 0.352. The van der Waals surface area contributed by atoms with Gasteiger partial charge in [0, 0.05) is 13.1 Å². The van der Waals surface area contributed by atoms with Crippen LogP contribution in [0.1, 0.15) is 43.2 Å². The highest BCUT2D eigenvalue weighted by Gasteiger charge is 2.18. The molecular weight excluding hydrogens is 266 g/mol. The number of rotatable bonds is 4. The average molecular weight is 287 g/mol. The van der Waals surface area contributed by atoms with Gasteiger partial charge in [0.1, 0.15) is 0 Å². The van der Waals surface area contributed by atoms with Gasteiger partial charge in [-0.25, -0.2) is 0 Å². The number of aliphatic hydroxyl groups excluding tert-OH is 1. The van der Waals surface area contributed by atoms with Gasteiger partial charge in [0.15, 0.2) is 0 Å². The van der Waals surface area contributed by atoms with Crippen molar-refractivity contribution in [2.24, 2.45) is 0 Å². The number of benzene rings is 1. The molecule has 0 radical (unpaired) electrons. The quantitative estimate of drug-likeness (QED) is 0.936. The van der Waals surface area contributed by atoms with Crippen LogP contribution in [0, 0.1) is 0 Å². The molecule has 2 heterocycles. The first-order chi connectivity index (χ1) is 10.3. The fraction of sp³-hybridized carbons (Fsp3) is 0.500. The molecule has 0 saturated carbocycles. The summed E-state index contributed by atoms with van der Waals surface area (Å²) in [6.07, 6.45) is 4.64. The zero-order valence-corrected chi connectivity index (χ0v) is 12.1. The summed E-state index contributed by atoms with van der Waals surface area (Å²) in [5, 5.41) is 14.3. The fourth-order valence-electron chi connectivity index (χ4n) is 2.69. The van der Waals surface area contributed by atoms with E-state index in [0.717, 1.165) is 18.7 Å². The molecule has 1 aromatic heterocycles. The largest absolute Gasteiger partial charge is 0.388 e. The van der Waals surface area contributed by atoms with Crippen LogP contribution in [0.2, 0.25) is 0 Å². The van der Waals surface area contributed by atoms with Crippen molar-refractivity contribution in [2.45, 2.75) is 38.2 Å². The van der Waals surface area contributed by atoms with Gasteiger partial charge in [0.05, 0.1) is 12.5 Å². The van der Waals surface area contributed by atoms with Crippen molar-refractivity contribution in [3.63, 3.8) is 0 Å². The van der Waals surface area contributed by atoms with E-state index in [0.29, 0.717) is 18.3 Å². The van der Waals surface area contributed by atoms with E-state index >= 15 is 0 Å². The van der Waals surface area contributed by atoms with Crippen LogP contribution in [0.4, 0.5) is 5.95 Å². The highest BCUT2D eigenvalue weighted by Crippen LogP contribution is 2.20. The van der Waals surface area contributed by atoms with Gasteiger partial charge in [0.2, 0.25) is 5.89 Å². The Bertz CT molecular complexity index is 548. The van der Waals surface area contributed by atoms with Crippen LogP contribution in [0.5, 0.6) is 0 Å². The molecule has 1 aromatic carbocycles. The number of hydrogen-bond donors (Lipinski definition) is 1. The summed E-state index contributed by atoms with van der Waals surface area (Å²) in [6.45, 7) is 1.97. The molecule has 1 unspecified atom stereocenters. The second-order valence-corrected chi connectivity index (χ2v) is 5.52. The highest BCUT2D eigenvalue weighted by atomic mass is 16.5. The molecule has 0 amide bonds. The first-order valence-electron chi connectivity index (χ1n) is 7.63. The summed E-state index contributed by atoms with van der Waals surface area (Å²) in [7, 11) is 0. The fourth-order valence-corrected chi connectivity index (χ4v) is 2.69. The summed E-state index contributed by atoms with van der Waals surface area (Å²) in [5.41, 5.74) is 0.868. The van der Waals surface area contributed by atoms with Crippen LogP contribution < -0.4 is 4.90 Å². The van der Waals surface area contributed by atoms with Gasteiger partial charge < -0.3 is 14.5 Å². The van der Waals surface area contributed by atoms with Crippen LogP contribution >= 0.6 is 0 Å². The van der Waals surface area contributed by atoms with Gasteiger partial charge in [-0.05, 0) is 23.6 Å². The Labute approximate surface area is 124 Å². The van der Waals surface area contributed by atoms with E-state index in [1.165, 1.54) is 25.7 Å². The lowest BCUT2D eigenvalue weighted by Crippen LogP contribution is -2.25. The number of aliphatic hydroxyl groups is 1. The first-order valence-corrected chi connectivity index (χ1v) is 7.63. The van der Waals surface area contributed by atoms with Gasteiger partial charge in [-0.1, -0.05) is 43.2 Å². The van der Waals surface area contributed by atoms with E-state index in [2.05, 4.69) is 15.0 Å². The molecule has 5 heteroatoms. The summed E-state index contributed by atoms with van der Waals surface area (Å²) in [6, 6.07) is 9.55. The predicted molar refractivity (Wildman–Crippen MR) is 80.1 cm³/mol. The summed E-state index contributed by atoms with van der Waals surface area (Å²) in [4.78, 5) is 6.60. The molecule has 1 saturated heterocycles.